The fourth-order valence-corrected chi connectivity index (χ4v) is 2.82. The van der Waals surface area contributed by atoms with Gasteiger partial charge in [0.05, 0.1) is 6.61 Å². The highest BCUT2D eigenvalue weighted by atomic mass is 19.4. The van der Waals surface area contributed by atoms with Gasteiger partial charge < -0.3 is 14.0 Å². The van der Waals surface area contributed by atoms with Crippen LogP contribution in [0.5, 0.6) is 5.75 Å². The van der Waals surface area contributed by atoms with Crippen molar-refractivity contribution in [1.82, 2.24) is 19.8 Å². The van der Waals surface area contributed by atoms with Crippen LogP contribution in [0.4, 0.5) is 22.0 Å². The maximum absolute atomic E-state index is 14.6. The van der Waals surface area contributed by atoms with Gasteiger partial charge >= 0.3 is 12.5 Å². The van der Waals surface area contributed by atoms with E-state index in [0.29, 0.717) is 16.9 Å². The summed E-state index contributed by atoms with van der Waals surface area (Å²) in [6.45, 7) is 1.10. The quantitative estimate of drug-likeness (QED) is 0.399. The second-order valence-electron chi connectivity index (χ2n) is 6.48. The van der Waals surface area contributed by atoms with Crippen LogP contribution in [-0.4, -0.2) is 26.1 Å². The van der Waals surface area contributed by atoms with E-state index in [-0.39, 0.29) is 11.3 Å². The smallest absolute Gasteiger partial charge is 0.406 e. The molecule has 4 aromatic rings. The number of nitrogens with zero attached hydrogens (tertiary/aromatic N) is 4. The molecule has 0 aliphatic carbocycles. The van der Waals surface area contributed by atoms with Gasteiger partial charge in [-0.1, -0.05) is 17.3 Å². The lowest BCUT2D eigenvalue weighted by Gasteiger charge is -2.14. The number of ether oxygens (including phenoxy) is 2. The molecule has 0 fully saturated rings. The van der Waals surface area contributed by atoms with Gasteiger partial charge in [-0.2, -0.15) is 8.78 Å². The van der Waals surface area contributed by atoms with E-state index in [2.05, 4.69) is 24.8 Å². The number of aryl methyl sites for hydroxylation is 1. The van der Waals surface area contributed by atoms with Crippen LogP contribution in [0.3, 0.4) is 0 Å². The number of rotatable bonds is 6. The second kappa shape index (κ2) is 7.61. The first-order valence-corrected chi connectivity index (χ1v) is 8.76. The standard InChI is InChI=1S/C19H13F5N4O3/c1-11-8-14(27-31-11)10-29-18(20,21)17-26-25-16-7-4-13(9-28(16)17)12-2-5-15(6-3-12)30-19(22,23)24/h2-9H,10H2,1H3. The zero-order chi connectivity index (χ0) is 22.2. The van der Waals surface area contributed by atoms with Crippen LogP contribution in [0.15, 0.2) is 53.2 Å². The molecule has 0 aliphatic rings. The van der Waals surface area contributed by atoms with Gasteiger partial charge in [-0.3, -0.25) is 4.40 Å². The van der Waals surface area contributed by atoms with E-state index in [1.54, 1.807) is 13.0 Å². The molecular weight excluding hydrogens is 427 g/mol. The van der Waals surface area contributed by atoms with E-state index in [1.165, 1.54) is 30.5 Å². The molecule has 0 saturated carbocycles. The maximum Gasteiger partial charge on any atom is 0.573 e. The number of alkyl halides is 5. The third-order valence-corrected chi connectivity index (χ3v) is 4.16. The zero-order valence-electron chi connectivity index (χ0n) is 15.7. The first kappa shape index (κ1) is 20.7. The van der Waals surface area contributed by atoms with Crippen molar-refractivity contribution in [1.29, 1.82) is 0 Å². The van der Waals surface area contributed by atoms with Gasteiger partial charge in [-0.15, -0.1) is 23.4 Å². The van der Waals surface area contributed by atoms with Crippen LogP contribution in [0.25, 0.3) is 16.8 Å². The summed E-state index contributed by atoms with van der Waals surface area (Å²) in [5.74, 6) is -0.710. The van der Waals surface area contributed by atoms with Gasteiger partial charge in [-0.05, 0) is 42.3 Å². The number of fused-ring (bicyclic) bond motifs is 1. The minimum Gasteiger partial charge on any atom is -0.406 e. The van der Waals surface area contributed by atoms with E-state index >= 15 is 0 Å². The van der Waals surface area contributed by atoms with Gasteiger partial charge in [0.15, 0.2) is 5.65 Å². The molecule has 0 bridgehead atoms. The molecular formula is C19H13F5N4O3. The highest BCUT2D eigenvalue weighted by molar-refractivity contribution is 5.65. The minimum absolute atomic E-state index is 0.135. The summed E-state index contributed by atoms with van der Waals surface area (Å²) in [6.07, 6.45) is -7.27. The lowest BCUT2D eigenvalue weighted by atomic mass is 10.1. The molecule has 4 rings (SSSR count). The summed E-state index contributed by atoms with van der Waals surface area (Å²) in [5, 5.41) is 10.8. The predicted octanol–water partition coefficient (Wildman–Crippen LogP) is 4.86. The molecule has 0 unspecified atom stereocenters. The van der Waals surface area contributed by atoms with Gasteiger partial charge in [-0.25, -0.2) is 0 Å². The van der Waals surface area contributed by atoms with E-state index in [0.717, 1.165) is 16.5 Å². The molecule has 0 radical (unpaired) electrons. The molecule has 162 valence electrons. The maximum atomic E-state index is 14.6. The number of aromatic nitrogens is 4. The molecule has 3 aromatic heterocycles. The molecule has 1 aromatic carbocycles. The van der Waals surface area contributed by atoms with Crippen LogP contribution < -0.4 is 4.74 Å². The summed E-state index contributed by atoms with van der Waals surface area (Å²) in [7, 11) is 0. The molecule has 0 atom stereocenters. The number of hydrogen-bond donors (Lipinski definition) is 0. The molecule has 0 aliphatic heterocycles. The highest BCUT2D eigenvalue weighted by Crippen LogP contribution is 2.31. The average Bonchev–Trinajstić information content (AvgIpc) is 3.31. The van der Waals surface area contributed by atoms with Gasteiger partial charge in [0.2, 0.25) is 5.82 Å². The van der Waals surface area contributed by atoms with Crippen molar-refractivity contribution in [3.05, 3.63) is 65.9 Å². The van der Waals surface area contributed by atoms with Crippen LogP contribution in [0.2, 0.25) is 0 Å². The van der Waals surface area contributed by atoms with Gasteiger partial charge in [0.1, 0.15) is 17.2 Å². The highest BCUT2D eigenvalue weighted by Gasteiger charge is 2.39. The van der Waals surface area contributed by atoms with Crippen molar-refractivity contribution in [2.24, 2.45) is 0 Å². The van der Waals surface area contributed by atoms with Crippen LogP contribution in [-0.2, 0) is 17.5 Å². The number of halogens is 5. The summed E-state index contributed by atoms with van der Waals surface area (Å²) in [4.78, 5) is 0. The lowest BCUT2D eigenvalue weighted by Crippen LogP contribution is -2.21. The Labute approximate surface area is 171 Å². The zero-order valence-corrected chi connectivity index (χ0v) is 15.7. The Morgan fingerprint density at radius 2 is 1.68 bits per heavy atom. The molecule has 31 heavy (non-hydrogen) atoms. The van der Waals surface area contributed by atoms with Crippen molar-refractivity contribution >= 4 is 5.65 Å². The van der Waals surface area contributed by atoms with E-state index in [9.17, 15) is 22.0 Å². The van der Waals surface area contributed by atoms with Crippen molar-refractivity contribution in [2.45, 2.75) is 26.0 Å². The van der Waals surface area contributed by atoms with Gasteiger partial charge in [0.25, 0.3) is 0 Å². The largest absolute Gasteiger partial charge is 0.573 e. The fourth-order valence-electron chi connectivity index (χ4n) is 2.82. The Bertz CT molecular complexity index is 1200. The number of benzene rings is 1. The van der Waals surface area contributed by atoms with Crippen LogP contribution in [0, 0.1) is 6.92 Å². The Morgan fingerprint density at radius 3 is 2.32 bits per heavy atom. The van der Waals surface area contributed by atoms with Crippen molar-refractivity contribution < 1.29 is 35.9 Å². The molecule has 0 spiro atoms. The van der Waals surface area contributed by atoms with E-state index < -0.39 is 30.7 Å². The Kier molecular flexibility index (Phi) is 5.09. The molecule has 0 saturated heterocycles. The van der Waals surface area contributed by atoms with Gasteiger partial charge in [0, 0.05) is 12.3 Å². The number of pyridine rings is 1. The predicted molar refractivity (Wildman–Crippen MR) is 95.0 cm³/mol. The average molecular weight is 440 g/mol. The fraction of sp³-hybridized carbons (Fsp3) is 0.211. The first-order chi connectivity index (χ1) is 14.6. The third-order valence-electron chi connectivity index (χ3n) is 4.16. The minimum atomic E-state index is -4.81. The molecule has 3 heterocycles. The Morgan fingerprint density at radius 1 is 0.968 bits per heavy atom. The Hall–Kier alpha value is -3.54. The first-order valence-electron chi connectivity index (χ1n) is 8.76. The monoisotopic (exact) mass is 440 g/mol. The summed E-state index contributed by atoms with van der Waals surface area (Å²) < 4.78 is 80.5. The summed E-state index contributed by atoms with van der Waals surface area (Å²) in [5.41, 5.74) is 1.23. The topological polar surface area (TPSA) is 74.7 Å². The number of hydrogen-bond acceptors (Lipinski definition) is 6. The van der Waals surface area contributed by atoms with Crippen molar-refractivity contribution in [2.75, 3.05) is 0 Å². The van der Waals surface area contributed by atoms with E-state index in [1.807, 2.05) is 0 Å². The molecule has 12 heteroatoms. The lowest BCUT2D eigenvalue weighted by molar-refractivity contribution is -0.274. The summed E-state index contributed by atoms with van der Waals surface area (Å²) >= 11 is 0. The SMILES string of the molecule is Cc1cc(COC(F)(F)c2nnc3ccc(-c4ccc(OC(F)(F)F)cc4)cn23)no1. The molecule has 0 amide bonds. The van der Waals surface area contributed by atoms with Crippen LogP contribution >= 0.6 is 0 Å². The summed E-state index contributed by atoms with van der Waals surface area (Å²) in [6, 6.07) is 9.47. The molecule has 0 N–H and O–H groups in total. The normalized spacial score (nSPS) is 12.5. The second-order valence-corrected chi connectivity index (χ2v) is 6.48. The van der Waals surface area contributed by atoms with E-state index in [4.69, 9.17) is 4.52 Å². The van der Waals surface area contributed by atoms with Crippen molar-refractivity contribution in [3.63, 3.8) is 0 Å². The van der Waals surface area contributed by atoms with Crippen LogP contribution in [0.1, 0.15) is 17.3 Å². The third kappa shape index (κ3) is 4.63. The molecule has 7 nitrogen and oxygen atoms in total. The van der Waals surface area contributed by atoms with Crippen molar-refractivity contribution in [3.8, 4) is 16.9 Å². The Balaban J connectivity index is 1.60.